The van der Waals surface area contributed by atoms with Gasteiger partial charge < -0.3 is 5.32 Å². The highest BCUT2D eigenvalue weighted by molar-refractivity contribution is 6.30. The van der Waals surface area contributed by atoms with E-state index in [-0.39, 0.29) is 5.91 Å². The van der Waals surface area contributed by atoms with Gasteiger partial charge in [-0.15, -0.1) is 10.2 Å². The van der Waals surface area contributed by atoms with E-state index in [1.165, 1.54) is 4.80 Å². The van der Waals surface area contributed by atoms with Crippen molar-refractivity contribution in [1.29, 1.82) is 0 Å². The van der Waals surface area contributed by atoms with Gasteiger partial charge in [0.25, 0.3) is 0 Å². The second-order valence-electron chi connectivity index (χ2n) is 6.52. The van der Waals surface area contributed by atoms with E-state index in [4.69, 9.17) is 11.6 Å². The monoisotopic (exact) mass is 422 g/mol. The van der Waals surface area contributed by atoms with Gasteiger partial charge in [-0.05, 0) is 48.0 Å². The molecule has 0 aliphatic rings. The third kappa shape index (κ3) is 4.20. The van der Waals surface area contributed by atoms with Crippen LogP contribution in [0.5, 0.6) is 0 Å². The van der Waals surface area contributed by atoms with Gasteiger partial charge in [0.15, 0.2) is 11.9 Å². The van der Waals surface area contributed by atoms with Crippen molar-refractivity contribution in [2.75, 3.05) is 0 Å². The van der Waals surface area contributed by atoms with Crippen LogP contribution in [0.4, 0.5) is 0 Å². The summed E-state index contributed by atoms with van der Waals surface area (Å²) in [7, 11) is 0. The van der Waals surface area contributed by atoms with Gasteiger partial charge in [0.05, 0.1) is 0 Å². The van der Waals surface area contributed by atoms with Crippen LogP contribution in [0.3, 0.4) is 0 Å². The van der Waals surface area contributed by atoms with Crippen molar-refractivity contribution >= 4 is 17.5 Å². The fourth-order valence-electron chi connectivity index (χ4n) is 2.99. The van der Waals surface area contributed by atoms with Crippen LogP contribution in [0.1, 0.15) is 24.9 Å². The maximum absolute atomic E-state index is 12.8. The summed E-state index contributed by atoms with van der Waals surface area (Å²) in [6.45, 7) is 2.20. The van der Waals surface area contributed by atoms with Gasteiger partial charge in [-0.25, -0.2) is 9.67 Å². The Balaban J connectivity index is 1.48. The van der Waals surface area contributed by atoms with E-state index < -0.39 is 6.04 Å². The molecule has 1 aromatic carbocycles. The molecule has 0 saturated heterocycles. The first-order valence-corrected chi connectivity index (χ1v) is 9.80. The van der Waals surface area contributed by atoms with Crippen molar-refractivity contribution in [3.63, 3.8) is 0 Å². The topological polar surface area (TPSA) is 103 Å². The fraction of sp³-hybridized carbons (Fsp3) is 0.200. The number of carbonyl (C=O) groups is 1. The van der Waals surface area contributed by atoms with Gasteiger partial charge in [-0.1, -0.05) is 24.6 Å². The smallest absolute Gasteiger partial charge is 0.247 e. The van der Waals surface area contributed by atoms with Crippen LogP contribution in [-0.4, -0.2) is 40.9 Å². The summed E-state index contributed by atoms with van der Waals surface area (Å²) < 4.78 is 1.66. The number of benzene rings is 1. The summed E-state index contributed by atoms with van der Waals surface area (Å²) in [4.78, 5) is 18.5. The molecule has 0 saturated carbocycles. The molecule has 30 heavy (non-hydrogen) atoms. The Morgan fingerprint density at radius 1 is 1.17 bits per heavy atom. The lowest BCUT2D eigenvalue weighted by Crippen LogP contribution is -2.33. The fourth-order valence-corrected chi connectivity index (χ4v) is 3.12. The molecule has 9 nitrogen and oxygen atoms in total. The molecular weight excluding hydrogens is 404 g/mol. The van der Waals surface area contributed by atoms with Gasteiger partial charge in [0, 0.05) is 41.3 Å². The van der Waals surface area contributed by atoms with Crippen molar-refractivity contribution in [1.82, 2.24) is 40.3 Å². The second kappa shape index (κ2) is 8.83. The highest BCUT2D eigenvalue weighted by atomic mass is 35.5. The van der Waals surface area contributed by atoms with E-state index in [1.54, 1.807) is 35.4 Å². The predicted molar refractivity (Wildman–Crippen MR) is 111 cm³/mol. The number of rotatable bonds is 7. The van der Waals surface area contributed by atoms with E-state index in [0.29, 0.717) is 29.6 Å². The van der Waals surface area contributed by atoms with E-state index in [2.05, 4.69) is 30.8 Å². The van der Waals surface area contributed by atoms with Gasteiger partial charge >= 0.3 is 0 Å². The van der Waals surface area contributed by atoms with Crippen LogP contribution < -0.4 is 5.32 Å². The van der Waals surface area contributed by atoms with Crippen molar-refractivity contribution in [3.8, 4) is 17.2 Å². The van der Waals surface area contributed by atoms with E-state index >= 15 is 0 Å². The number of hydrogen-bond donors (Lipinski definition) is 1. The lowest BCUT2D eigenvalue weighted by molar-refractivity contribution is -0.125. The average molecular weight is 423 g/mol. The van der Waals surface area contributed by atoms with Crippen LogP contribution in [0.2, 0.25) is 5.02 Å². The third-order valence-electron chi connectivity index (χ3n) is 4.54. The highest BCUT2D eigenvalue weighted by Gasteiger charge is 2.22. The standard InChI is InChI=1S/C20H19ClN8O/c1-2-17(29-26-18(25-27-29)14-6-8-16(21)9-7-14)20(30)23-13-15-5-3-10-22-19(15)28-12-4-11-24-28/h3-12,17H,2,13H2,1H3,(H,23,30). The summed E-state index contributed by atoms with van der Waals surface area (Å²) in [5.74, 6) is 0.902. The largest absolute Gasteiger partial charge is 0.350 e. The summed E-state index contributed by atoms with van der Waals surface area (Å²) in [5, 5.41) is 20.3. The Morgan fingerprint density at radius 2 is 2.00 bits per heavy atom. The van der Waals surface area contributed by atoms with E-state index in [1.807, 2.05) is 37.3 Å². The summed E-state index contributed by atoms with van der Waals surface area (Å²) in [6.07, 6.45) is 5.69. The number of amides is 1. The molecule has 0 fully saturated rings. The molecule has 1 N–H and O–H groups in total. The van der Waals surface area contributed by atoms with Crippen LogP contribution in [0.15, 0.2) is 61.1 Å². The molecule has 0 spiro atoms. The minimum atomic E-state index is -0.580. The molecule has 3 aromatic heterocycles. The first kappa shape index (κ1) is 19.7. The number of tetrazole rings is 1. The maximum atomic E-state index is 12.8. The van der Waals surface area contributed by atoms with Crippen LogP contribution in [0, 0.1) is 0 Å². The van der Waals surface area contributed by atoms with Crippen molar-refractivity contribution in [2.24, 2.45) is 0 Å². The number of carbonyl (C=O) groups excluding carboxylic acids is 1. The number of hydrogen-bond acceptors (Lipinski definition) is 6. The molecule has 1 amide bonds. The zero-order valence-electron chi connectivity index (χ0n) is 16.2. The van der Waals surface area contributed by atoms with Crippen LogP contribution in [-0.2, 0) is 11.3 Å². The molecule has 4 rings (SSSR count). The molecule has 4 aromatic rings. The summed E-state index contributed by atoms with van der Waals surface area (Å²) in [6, 6.07) is 12.1. The SMILES string of the molecule is CCC(C(=O)NCc1cccnc1-n1cccn1)n1nnc(-c2ccc(Cl)cc2)n1. The molecule has 1 atom stereocenters. The molecule has 10 heteroatoms. The van der Waals surface area contributed by atoms with Crippen molar-refractivity contribution in [3.05, 3.63) is 71.6 Å². The lowest BCUT2D eigenvalue weighted by atomic mass is 10.2. The van der Waals surface area contributed by atoms with Crippen molar-refractivity contribution < 1.29 is 4.79 Å². The minimum Gasteiger partial charge on any atom is -0.350 e. The normalized spacial score (nSPS) is 11.9. The Labute approximate surface area is 177 Å². The molecule has 0 aliphatic carbocycles. The van der Waals surface area contributed by atoms with E-state index in [9.17, 15) is 4.79 Å². The molecule has 0 radical (unpaired) electrons. The average Bonchev–Trinajstić information content (AvgIpc) is 3.46. The third-order valence-corrected chi connectivity index (χ3v) is 4.79. The zero-order chi connectivity index (χ0) is 20.9. The molecular formula is C20H19ClN8O. The number of aromatic nitrogens is 7. The first-order chi connectivity index (χ1) is 14.7. The number of nitrogens with zero attached hydrogens (tertiary/aromatic N) is 7. The molecule has 1 unspecified atom stereocenters. The summed E-state index contributed by atoms with van der Waals surface area (Å²) >= 11 is 5.92. The van der Waals surface area contributed by atoms with Gasteiger partial charge in [0.1, 0.15) is 0 Å². The Bertz CT molecular complexity index is 1120. The molecule has 3 heterocycles. The highest BCUT2D eigenvalue weighted by Crippen LogP contribution is 2.19. The van der Waals surface area contributed by atoms with Gasteiger partial charge in [0.2, 0.25) is 11.7 Å². The van der Waals surface area contributed by atoms with Gasteiger partial charge in [-0.3, -0.25) is 4.79 Å². The van der Waals surface area contributed by atoms with E-state index in [0.717, 1.165) is 11.1 Å². The number of pyridine rings is 1. The Morgan fingerprint density at radius 3 is 2.73 bits per heavy atom. The van der Waals surface area contributed by atoms with Gasteiger partial charge in [-0.2, -0.15) is 9.90 Å². The minimum absolute atomic E-state index is 0.201. The number of halogens is 1. The predicted octanol–water partition coefficient (Wildman–Crippen LogP) is 2.84. The number of nitrogens with one attached hydrogen (secondary N) is 1. The van der Waals surface area contributed by atoms with Crippen LogP contribution in [0.25, 0.3) is 17.2 Å². The molecule has 0 bridgehead atoms. The lowest BCUT2D eigenvalue weighted by Gasteiger charge is -2.14. The van der Waals surface area contributed by atoms with Crippen LogP contribution >= 0.6 is 11.6 Å². The Kier molecular flexibility index (Phi) is 5.80. The summed E-state index contributed by atoms with van der Waals surface area (Å²) in [5.41, 5.74) is 1.62. The van der Waals surface area contributed by atoms with Crippen molar-refractivity contribution in [2.45, 2.75) is 25.9 Å². The quantitative estimate of drug-likeness (QED) is 0.491. The molecule has 0 aliphatic heterocycles. The second-order valence-corrected chi connectivity index (χ2v) is 6.96. The first-order valence-electron chi connectivity index (χ1n) is 9.42. The maximum Gasteiger partial charge on any atom is 0.247 e. The molecule has 152 valence electrons. The Hall–Kier alpha value is -3.59. The zero-order valence-corrected chi connectivity index (χ0v) is 16.9.